The van der Waals surface area contributed by atoms with E-state index in [-0.39, 0.29) is 46.5 Å². The van der Waals surface area contributed by atoms with Crippen molar-refractivity contribution in [3.8, 4) is 0 Å². The van der Waals surface area contributed by atoms with E-state index in [2.05, 4.69) is 19.1 Å². The molecular formula is C6H7Cl2Ti. The van der Waals surface area contributed by atoms with Crippen molar-refractivity contribution in [3.63, 3.8) is 0 Å². The zero-order valence-electron chi connectivity index (χ0n) is 5.12. The maximum Gasteiger partial charge on any atom is 3.00 e. The second kappa shape index (κ2) is 8.77. The smallest absolute Gasteiger partial charge is 1.00 e. The fourth-order valence-corrected chi connectivity index (χ4v) is 0.499. The molecule has 49 valence electrons. The van der Waals surface area contributed by atoms with Gasteiger partial charge in [-0.05, 0) is 0 Å². The van der Waals surface area contributed by atoms with Crippen LogP contribution in [0.5, 0.6) is 0 Å². The van der Waals surface area contributed by atoms with Gasteiger partial charge in [-0.25, -0.2) is 11.6 Å². The molecule has 0 saturated heterocycles. The van der Waals surface area contributed by atoms with Gasteiger partial charge in [0, 0.05) is 0 Å². The molecule has 0 aromatic carbocycles. The number of hydrogen-bond donors (Lipinski definition) is 0. The SMILES string of the molecule is CC1=CC[C-]=C1.[Cl-].[Cl-].[Ti+3]. The van der Waals surface area contributed by atoms with E-state index in [0.29, 0.717) is 0 Å². The minimum Gasteiger partial charge on any atom is -1.00 e. The molecule has 1 aliphatic carbocycles. The maximum absolute atomic E-state index is 3.05. The molecule has 0 spiro atoms. The average Bonchev–Trinajstić information content (AvgIpc) is 1.86. The molecule has 0 bridgehead atoms. The predicted molar refractivity (Wildman–Crippen MR) is 26.2 cm³/mol. The summed E-state index contributed by atoms with van der Waals surface area (Å²) in [4.78, 5) is 0. The Bertz CT molecular complexity index is 105. The normalized spacial score (nSPS) is 12.3. The molecule has 0 nitrogen and oxygen atoms in total. The van der Waals surface area contributed by atoms with Crippen LogP contribution in [-0.2, 0) is 21.7 Å². The van der Waals surface area contributed by atoms with Gasteiger partial charge in [0.05, 0.1) is 0 Å². The Labute approximate surface area is 83.5 Å². The third-order valence-electron chi connectivity index (χ3n) is 0.872. The third-order valence-corrected chi connectivity index (χ3v) is 0.872. The minimum absolute atomic E-state index is 0. The molecule has 3 heteroatoms. The van der Waals surface area contributed by atoms with Crippen molar-refractivity contribution in [2.24, 2.45) is 0 Å². The molecule has 1 aliphatic rings. The zero-order chi connectivity index (χ0) is 4.41. The quantitative estimate of drug-likeness (QED) is 0.273. The van der Waals surface area contributed by atoms with Gasteiger partial charge in [0.2, 0.25) is 0 Å². The van der Waals surface area contributed by atoms with Crippen LogP contribution in [0.25, 0.3) is 0 Å². The van der Waals surface area contributed by atoms with Crippen molar-refractivity contribution >= 4 is 0 Å². The van der Waals surface area contributed by atoms with Gasteiger partial charge in [-0.1, -0.05) is 0 Å². The van der Waals surface area contributed by atoms with Gasteiger partial charge >= 0.3 is 21.7 Å². The molecule has 0 unspecified atom stereocenters. The Morgan fingerprint density at radius 1 is 1.44 bits per heavy atom. The second-order valence-electron chi connectivity index (χ2n) is 1.50. The first-order valence-electron chi connectivity index (χ1n) is 2.13. The Morgan fingerprint density at radius 3 is 2.11 bits per heavy atom. The second-order valence-corrected chi connectivity index (χ2v) is 1.50. The molecule has 0 atom stereocenters. The fraction of sp³-hybridized carbons (Fsp3) is 0.333. The predicted octanol–water partition coefficient (Wildman–Crippen LogP) is -4.30. The molecule has 0 aromatic heterocycles. The zero-order valence-corrected chi connectivity index (χ0v) is 8.19. The van der Waals surface area contributed by atoms with Gasteiger partial charge in [0.1, 0.15) is 0 Å². The van der Waals surface area contributed by atoms with Crippen molar-refractivity contribution in [2.75, 3.05) is 0 Å². The molecule has 0 fully saturated rings. The van der Waals surface area contributed by atoms with Crippen LogP contribution in [0.15, 0.2) is 17.7 Å². The van der Waals surface area contributed by atoms with E-state index in [0.717, 1.165) is 6.42 Å². The summed E-state index contributed by atoms with van der Waals surface area (Å²) in [6.07, 6.45) is 8.24. The first kappa shape index (κ1) is 16.4. The Kier molecular flexibility index (Phi) is 16.0. The monoisotopic (exact) mass is 197 g/mol. The van der Waals surface area contributed by atoms with Crippen molar-refractivity contribution in [3.05, 3.63) is 23.8 Å². The standard InChI is InChI=1S/C6H7.2ClH.Ti/c1-6-4-2-3-5-6;;;/h4-5H,2H2,1H3;2*1H;/q-1;;;+3/p-2. The van der Waals surface area contributed by atoms with Crippen LogP contribution >= 0.6 is 0 Å². The van der Waals surface area contributed by atoms with Crippen molar-refractivity contribution in [2.45, 2.75) is 13.3 Å². The largest absolute Gasteiger partial charge is 3.00 e. The van der Waals surface area contributed by atoms with E-state index in [4.69, 9.17) is 0 Å². The van der Waals surface area contributed by atoms with Gasteiger partial charge in [0.15, 0.2) is 0 Å². The van der Waals surface area contributed by atoms with E-state index >= 15 is 0 Å². The molecule has 0 N–H and O–H groups in total. The van der Waals surface area contributed by atoms with Crippen LogP contribution in [0.3, 0.4) is 0 Å². The maximum atomic E-state index is 3.05. The van der Waals surface area contributed by atoms with Crippen molar-refractivity contribution < 1.29 is 46.5 Å². The molecule has 1 rings (SSSR count). The fourth-order valence-electron chi connectivity index (χ4n) is 0.499. The van der Waals surface area contributed by atoms with E-state index < -0.39 is 0 Å². The average molecular weight is 198 g/mol. The molecule has 0 aromatic rings. The summed E-state index contributed by atoms with van der Waals surface area (Å²) in [6.45, 7) is 2.08. The van der Waals surface area contributed by atoms with Crippen LogP contribution in [0, 0.1) is 6.08 Å². The topological polar surface area (TPSA) is 0 Å². The molecule has 0 aliphatic heterocycles. The van der Waals surface area contributed by atoms with Crippen LogP contribution in [0.2, 0.25) is 0 Å². The van der Waals surface area contributed by atoms with Gasteiger partial charge in [-0.3, -0.25) is 6.08 Å². The number of hydrogen-bond acceptors (Lipinski definition) is 0. The Morgan fingerprint density at radius 2 is 2.00 bits per heavy atom. The summed E-state index contributed by atoms with van der Waals surface area (Å²) in [5, 5.41) is 0. The van der Waals surface area contributed by atoms with Crippen LogP contribution in [-0.4, -0.2) is 0 Å². The minimum atomic E-state index is 0. The third kappa shape index (κ3) is 6.66. The molecule has 0 saturated carbocycles. The summed E-state index contributed by atoms with van der Waals surface area (Å²) in [5.74, 6) is 0. The first-order chi connectivity index (χ1) is 2.89. The summed E-state index contributed by atoms with van der Waals surface area (Å²) in [7, 11) is 0. The molecule has 1 radical (unpaired) electrons. The van der Waals surface area contributed by atoms with E-state index in [1.165, 1.54) is 5.57 Å². The first-order valence-corrected chi connectivity index (χ1v) is 2.13. The summed E-state index contributed by atoms with van der Waals surface area (Å²) in [6, 6.07) is 0. The van der Waals surface area contributed by atoms with Crippen LogP contribution in [0.4, 0.5) is 0 Å². The van der Waals surface area contributed by atoms with Gasteiger partial charge in [0.25, 0.3) is 0 Å². The van der Waals surface area contributed by atoms with E-state index in [1.807, 2.05) is 6.08 Å². The van der Waals surface area contributed by atoms with Gasteiger partial charge in [-0.2, -0.15) is 6.08 Å². The Hall–Kier alpha value is 0.774. The summed E-state index contributed by atoms with van der Waals surface area (Å²) < 4.78 is 0. The van der Waals surface area contributed by atoms with Gasteiger partial charge in [-0.15, -0.1) is 13.3 Å². The Balaban J connectivity index is -0.000000120. The van der Waals surface area contributed by atoms with Gasteiger partial charge < -0.3 is 24.8 Å². The number of rotatable bonds is 0. The van der Waals surface area contributed by atoms with Crippen LogP contribution < -0.4 is 24.8 Å². The number of allylic oxidation sites excluding steroid dienone is 4. The summed E-state index contributed by atoms with van der Waals surface area (Å²) >= 11 is 0. The molecule has 9 heavy (non-hydrogen) atoms. The van der Waals surface area contributed by atoms with E-state index in [1.54, 1.807) is 0 Å². The molecule has 0 amide bonds. The van der Waals surface area contributed by atoms with Crippen molar-refractivity contribution in [1.82, 2.24) is 0 Å². The summed E-state index contributed by atoms with van der Waals surface area (Å²) in [5.41, 5.74) is 1.34. The van der Waals surface area contributed by atoms with E-state index in [9.17, 15) is 0 Å². The van der Waals surface area contributed by atoms with Crippen LogP contribution in [0.1, 0.15) is 13.3 Å². The molecule has 0 heterocycles. The number of halogens is 2. The molecular weight excluding hydrogens is 191 g/mol. The van der Waals surface area contributed by atoms with Crippen molar-refractivity contribution in [1.29, 1.82) is 0 Å².